The highest BCUT2D eigenvalue weighted by Gasteiger charge is 2.31. The van der Waals surface area contributed by atoms with Crippen LogP contribution in [0.15, 0.2) is 27.8 Å². The Morgan fingerprint density at radius 3 is 2.90 bits per heavy atom. The highest BCUT2D eigenvalue weighted by molar-refractivity contribution is 8.00. The molecule has 110 valence electrons. The van der Waals surface area contributed by atoms with Crippen LogP contribution in [0.4, 0.5) is 0 Å². The lowest BCUT2D eigenvalue weighted by Gasteiger charge is -2.21. The summed E-state index contributed by atoms with van der Waals surface area (Å²) in [6, 6.07) is 3.90. The van der Waals surface area contributed by atoms with E-state index in [4.69, 9.17) is 5.11 Å². The maximum absolute atomic E-state index is 11.1. The highest BCUT2D eigenvalue weighted by Crippen LogP contribution is 2.34. The van der Waals surface area contributed by atoms with E-state index in [9.17, 15) is 4.79 Å². The van der Waals surface area contributed by atoms with Crippen molar-refractivity contribution in [2.75, 3.05) is 0 Å². The molecule has 0 unspecified atom stereocenters. The smallest absolute Gasteiger partial charge is 0.304 e. The van der Waals surface area contributed by atoms with Crippen LogP contribution in [-0.4, -0.2) is 36.9 Å². The Hall–Kier alpha value is -1.67. The normalized spacial score (nSPS) is 17.7. The van der Waals surface area contributed by atoms with Gasteiger partial charge in [0.1, 0.15) is 0 Å². The number of hydrogen-bond acceptors (Lipinski definition) is 6. The van der Waals surface area contributed by atoms with Crippen LogP contribution in [0.5, 0.6) is 0 Å². The maximum atomic E-state index is 11.1. The first-order valence-corrected chi connectivity index (χ1v) is 8.28. The number of thioether (sulfide) groups is 1. The summed E-state index contributed by atoms with van der Waals surface area (Å²) >= 11 is 2.97. The first kappa shape index (κ1) is 14.3. The van der Waals surface area contributed by atoms with Crippen LogP contribution < -0.4 is 0 Å². The Morgan fingerprint density at radius 1 is 1.48 bits per heavy atom. The van der Waals surface area contributed by atoms with Gasteiger partial charge >= 0.3 is 5.97 Å². The summed E-state index contributed by atoms with van der Waals surface area (Å²) in [6.45, 7) is 4.07. The van der Waals surface area contributed by atoms with E-state index >= 15 is 0 Å². The number of carboxylic acid groups (broad SMARTS) is 1. The third-order valence-electron chi connectivity index (χ3n) is 3.05. The molecule has 1 aliphatic rings. The molecule has 21 heavy (non-hydrogen) atoms. The van der Waals surface area contributed by atoms with Gasteiger partial charge < -0.3 is 5.11 Å². The molecule has 2 aromatic heterocycles. The minimum absolute atomic E-state index is 0.0191. The number of aliphatic carboxylic acids is 1. The van der Waals surface area contributed by atoms with E-state index in [2.05, 4.69) is 15.3 Å². The molecule has 0 bridgehead atoms. The standard InChI is InChI=1S/C13H14N4O2S2/c1-7(2)12-14-15-13-17(12)16-11(8-4-3-5-20-8)9(21-13)6-10(18)19/h3-5,7,9H,6H2,1-2H3,(H,18,19)/t9-/m1/s1. The predicted molar refractivity (Wildman–Crippen MR) is 82.3 cm³/mol. The van der Waals surface area contributed by atoms with E-state index in [-0.39, 0.29) is 17.6 Å². The molecule has 1 atom stereocenters. The summed E-state index contributed by atoms with van der Waals surface area (Å²) in [5.41, 5.74) is 0.784. The van der Waals surface area contributed by atoms with Gasteiger partial charge in [-0.25, -0.2) is 0 Å². The number of aromatic nitrogens is 3. The monoisotopic (exact) mass is 322 g/mol. The number of fused-ring (bicyclic) bond motifs is 1. The second-order valence-electron chi connectivity index (χ2n) is 4.97. The number of hydrogen-bond donors (Lipinski definition) is 1. The van der Waals surface area contributed by atoms with Gasteiger partial charge in [-0.15, -0.1) is 21.5 Å². The van der Waals surface area contributed by atoms with Crippen molar-refractivity contribution in [2.24, 2.45) is 5.10 Å². The molecule has 0 aliphatic carbocycles. The summed E-state index contributed by atoms with van der Waals surface area (Å²) in [6.07, 6.45) is 0.0191. The van der Waals surface area contributed by atoms with Crippen LogP contribution in [-0.2, 0) is 4.79 Å². The van der Waals surface area contributed by atoms with Crippen molar-refractivity contribution in [1.82, 2.24) is 14.9 Å². The van der Waals surface area contributed by atoms with Crippen LogP contribution in [0.2, 0.25) is 0 Å². The minimum atomic E-state index is -0.839. The Kier molecular flexibility index (Phi) is 3.81. The molecule has 3 heterocycles. The van der Waals surface area contributed by atoms with Crippen LogP contribution in [0.1, 0.15) is 36.9 Å². The van der Waals surface area contributed by atoms with Gasteiger partial charge in [0.05, 0.1) is 22.3 Å². The van der Waals surface area contributed by atoms with Crippen molar-refractivity contribution in [3.8, 4) is 0 Å². The summed E-state index contributed by atoms with van der Waals surface area (Å²) in [7, 11) is 0. The number of thiophene rings is 1. The molecular weight excluding hydrogens is 308 g/mol. The zero-order chi connectivity index (χ0) is 15.0. The fourth-order valence-corrected chi connectivity index (χ4v) is 4.02. The summed E-state index contributed by atoms with van der Waals surface area (Å²) in [5.74, 6) is 0.158. The van der Waals surface area contributed by atoms with Crippen molar-refractivity contribution >= 4 is 34.8 Å². The van der Waals surface area contributed by atoms with E-state index in [0.29, 0.717) is 5.16 Å². The molecule has 1 N–H and O–H groups in total. The SMILES string of the molecule is CC(C)c1nnc2n1N=C(c1cccs1)[C@@H](CC(=O)O)S2. The Labute approximate surface area is 129 Å². The maximum Gasteiger partial charge on any atom is 0.304 e. The third kappa shape index (κ3) is 2.73. The topological polar surface area (TPSA) is 80.4 Å². The van der Waals surface area contributed by atoms with Crippen LogP contribution in [0.25, 0.3) is 0 Å². The van der Waals surface area contributed by atoms with Crippen LogP contribution in [0.3, 0.4) is 0 Å². The molecule has 6 nitrogen and oxygen atoms in total. The Balaban J connectivity index is 2.07. The van der Waals surface area contributed by atoms with Crippen LogP contribution in [0, 0.1) is 0 Å². The van der Waals surface area contributed by atoms with E-state index in [1.54, 1.807) is 16.0 Å². The molecule has 0 aromatic carbocycles. The molecule has 1 aliphatic heterocycles. The first-order valence-electron chi connectivity index (χ1n) is 6.52. The van der Waals surface area contributed by atoms with E-state index < -0.39 is 5.97 Å². The molecule has 2 aromatic rings. The zero-order valence-corrected chi connectivity index (χ0v) is 13.2. The van der Waals surface area contributed by atoms with E-state index in [1.807, 2.05) is 31.4 Å². The predicted octanol–water partition coefficient (Wildman–Crippen LogP) is 2.66. The van der Waals surface area contributed by atoms with Gasteiger partial charge in [0.15, 0.2) is 5.82 Å². The molecule has 0 spiro atoms. The quantitative estimate of drug-likeness (QED) is 0.936. The number of rotatable bonds is 4. The number of nitrogens with zero attached hydrogens (tertiary/aromatic N) is 4. The lowest BCUT2D eigenvalue weighted by atomic mass is 10.1. The first-order chi connectivity index (χ1) is 10.1. The molecule has 0 saturated heterocycles. The van der Waals surface area contributed by atoms with Gasteiger partial charge in [0.2, 0.25) is 5.16 Å². The average Bonchev–Trinajstić information content (AvgIpc) is 3.05. The van der Waals surface area contributed by atoms with Crippen molar-refractivity contribution in [1.29, 1.82) is 0 Å². The molecule has 0 amide bonds. The molecule has 0 fully saturated rings. The van der Waals surface area contributed by atoms with Crippen molar-refractivity contribution in [3.05, 3.63) is 28.2 Å². The van der Waals surface area contributed by atoms with Gasteiger partial charge in [-0.05, 0) is 11.4 Å². The lowest BCUT2D eigenvalue weighted by molar-refractivity contribution is -0.136. The highest BCUT2D eigenvalue weighted by atomic mass is 32.2. The summed E-state index contributed by atoms with van der Waals surface area (Å²) in [4.78, 5) is 12.1. The fraction of sp³-hybridized carbons (Fsp3) is 0.385. The molecule has 3 rings (SSSR count). The molecule has 0 radical (unpaired) electrons. The Morgan fingerprint density at radius 2 is 2.29 bits per heavy atom. The molecular formula is C13H14N4O2S2. The van der Waals surface area contributed by atoms with Crippen LogP contribution >= 0.6 is 23.1 Å². The van der Waals surface area contributed by atoms with Gasteiger partial charge in [0.25, 0.3) is 0 Å². The van der Waals surface area contributed by atoms with Crippen molar-refractivity contribution in [2.45, 2.75) is 36.6 Å². The largest absolute Gasteiger partial charge is 0.481 e. The van der Waals surface area contributed by atoms with Gasteiger partial charge in [-0.2, -0.15) is 9.78 Å². The zero-order valence-electron chi connectivity index (χ0n) is 11.6. The van der Waals surface area contributed by atoms with E-state index in [0.717, 1.165) is 16.4 Å². The lowest BCUT2D eigenvalue weighted by Crippen LogP contribution is -2.26. The van der Waals surface area contributed by atoms with Gasteiger partial charge in [-0.3, -0.25) is 4.79 Å². The van der Waals surface area contributed by atoms with Gasteiger partial charge in [0, 0.05) is 5.92 Å². The average molecular weight is 322 g/mol. The summed E-state index contributed by atoms with van der Waals surface area (Å²) < 4.78 is 1.74. The van der Waals surface area contributed by atoms with E-state index in [1.165, 1.54) is 11.8 Å². The minimum Gasteiger partial charge on any atom is -0.481 e. The Bertz CT molecular complexity index is 691. The van der Waals surface area contributed by atoms with Gasteiger partial charge in [-0.1, -0.05) is 31.7 Å². The second-order valence-corrected chi connectivity index (χ2v) is 7.09. The fourth-order valence-electron chi connectivity index (χ4n) is 2.09. The molecule has 0 saturated carbocycles. The second kappa shape index (κ2) is 5.61. The number of carbonyl (C=O) groups is 1. The number of carboxylic acids is 1. The van der Waals surface area contributed by atoms with Crippen molar-refractivity contribution < 1.29 is 9.90 Å². The third-order valence-corrected chi connectivity index (χ3v) is 5.08. The summed E-state index contributed by atoms with van der Waals surface area (Å²) in [5, 5.41) is 24.4. The van der Waals surface area contributed by atoms with Crippen molar-refractivity contribution in [3.63, 3.8) is 0 Å². The molecule has 8 heteroatoms.